The van der Waals surface area contributed by atoms with Crippen molar-refractivity contribution in [3.05, 3.63) is 0 Å². The van der Waals surface area contributed by atoms with E-state index < -0.39 is 5.54 Å². The summed E-state index contributed by atoms with van der Waals surface area (Å²) < 4.78 is 0. The van der Waals surface area contributed by atoms with Gasteiger partial charge in [0, 0.05) is 12.1 Å². The molecule has 1 aliphatic heterocycles. The van der Waals surface area contributed by atoms with Gasteiger partial charge in [-0.25, -0.2) is 0 Å². The van der Waals surface area contributed by atoms with Crippen molar-refractivity contribution in [2.75, 3.05) is 19.6 Å². The zero-order valence-corrected chi connectivity index (χ0v) is 11.0. The first-order chi connectivity index (χ1) is 7.32. The fraction of sp³-hybridized carbons (Fsp3) is 0.917. The average Bonchev–Trinajstić information content (AvgIpc) is 2.46. The van der Waals surface area contributed by atoms with Gasteiger partial charge in [0.25, 0.3) is 0 Å². The van der Waals surface area contributed by atoms with Gasteiger partial charge in [0.15, 0.2) is 0 Å². The molecule has 1 fully saturated rings. The summed E-state index contributed by atoms with van der Waals surface area (Å²) in [5.41, 5.74) is 5.07. The van der Waals surface area contributed by atoms with Gasteiger partial charge in [-0.05, 0) is 46.7 Å². The zero-order chi connectivity index (χ0) is 12.4. The van der Waals surface area contributed by atoms with Crippen LogP contribution in [0.25, 0.3) is 0 Å². The predicted octanol–water partition coefficient (Wildman–Crippen LogP) is 0.714. The number of hydrogen-bond donors (Lipinski definition) is 2. The number of hydrogen-bond acceptors (Lipinski definition) is 3. The molecule has 0 spiro atoms. The first-order valence-electron chi connectivity index (χ1n) is 6.12. The molecule has 16 heavy (non-hydrogen) atoms. The second kappa shape index (κ2) is 4.72. The third kappa shape index (κ3) is 2.74. The Morgan fingerprint density at radius 3 is 2.56 bits per heavy atom. The molecule has 1 amide bonds. The minimum absolute atomic E-state index is 0.187. The molecule has 0 aromatic heterocycles. The van der Waals surface area contributed by atoms with E-state index in [0.29, 0.717) is 6.54 Å². The SMILES string of the molecule is CCNC(C)(CN1CCCC1(C)C)C(N)=O. The van der Waals surface area contributed by atoms with Crippen LogP contribution in [0, 0.1) is 0 Å². The number of nitrogens with one attached hydrogen (secondary N) is 1. The highest BCUT2D eigenvalue weighted by Gasteiger charge is 2.39. The Bertz CT molecular complexity index is 265. The number of likely N-dealkylation sites (tertiary alicyclic amines) is 1. The molecular weight excluding hydrogens is 202 g/mol. The highest BCUT2D eigenvalue weighted by atomic mass is 16.1. The zero-order valence-electron chi connectivity index (χ0n) is 11.0. The monoisotopic (exact) mass is 227 g/mol. The van der Waals surface area contributed by atoms with Crippen LogP contribution in [0.5, 0.6) is 0 Å². The van der Waals surface area contributed by atoms with Crippen LogP contribution in [0.15, 0.2) is 0 Å². The lowest BCUT2D eigenvalue weighted by Gasteiger charge is -2.38. The van der Waals surface area contributed by atoms with E-state index in [2.05, 4.69) is 24.1 Å². The molecule has 94 valence electrons. The van der Waals surface area contributed by atoms with Crippen molar-refractivity contribution < 1.29 is 4.79 Å². The molecule has 0 aromatic rings. The Labute approximate surface area is 98.6 Å². The van der Waals surface area contributed by atoms with Gasteiger partial charge in [0.1, 0.15) is 5.54 Å². The number of rotatable bonds is 5. The van der Waals surface area contributed by atoms with Gasteiger partial charge >= 0.3 is 0 Å². The van der Waals surface area contributed by atoms with E-state index in [1.807, 2.05) is 13.8 Å². The van der Waals surface area contributed by atoms with Crippen LogP contribution < -0.4 is 11.1 Å². The van der Waals surface area contributed by atoms with E-state index in [0.717, 1.165) is 13.1 Å². The molecule has 0 aliphatic carbocycles. The van der Waals surface area contributed by atoms with Crippen LogP contribution in [-0.2, 0) is 4.79 Å². The Balaban J connectivity index is 2.72. The summed E-state index contributed by atoms with van der Waals surface area (Å²) in [7, 11) is 0. The third-order valence-corrected chi connectivity index (χ3v) is 3.69. The predicted molar refractivity (Wildman–Crippen MR) is 66.2 cm³/mol. The Morgan fingerprint density at radius 1 is 1.56 bits per heavy atom. The fourth-order valence-corrected chi connectivity index (χ4v) is 2.45. The molecule has 1 saturated heterocycles. The van der Waals surface area contributed by atoms with Crippen LogP contribution >= 0.6 is 0 Å². The van der Waals surface area contributed by atoms with Gasteiger partial charge < -0.3 is 11.1 Å². The first-order valence-corrected chi connectivity index (χ1v) is 6.12. The van der Waals surface area contributed by atoms with Crippen LogP contribution in [-0.4, -0.2) is 41.5 Å². The smallest absolute Gasteiger partial charge is 0.238 e. The largest absolute Gasteiger partial charge is 0.368 e. The van der Waals surface area contributed by atoms with Crippen molar-refractivity contribution in [3.8, 4) is 0 Å². The maximum atomic E-state index is 11.5. The highest BCUT2D eigenvalue weighted by molar-refractivity contribution is 5.84. The van der Waals surface area contributed by atoms with Crippen molar-refractivity contribution in [3.63, 3.8) is 0 Å². The lowest BCUT2D eigenvalue weighted by Crippen LogP contribution is -2.61. The minimum atomic E-state index is -0.615. The van der Waals surface area contributed by atoms with Crippen LogP contribution in [0.2, 0.25) is 0 Å². The molecule has 0 bridgehead atoms. The maximum absolute atomic E-state index is 11.5. The van der Waals surface area contributed by atoms with Gasteiger partial charge in [0.05, 0.1) is 0 Å². The highest BCUT2D eigenvalue weighted by Crippen LogP contribution is 2.29. The lowest BCUT2D eigenvalue weighted by atomic mass is 9.96. The summed E-state index contributed by atoms with van der Waals surface area (Å²) in [6, 6.07) is 0. The molecule has 0 radical (unpaired) electrons. The number of amides is 1. The molecule has 1 aliphatic rings. The quantitative estimate of drug-likeness (QED) is 0.727. The molecule has 1 rings (SSSR count). The van der Waals surface area contributed by atoms with E-state index in [-0.39, 0.29) is 11.4 Å². The normalized spacial score (nSPS) is 24.2. The number of likely N-dealkylation sites (N-methyl/N-ethyl adjacent to an activating group) is 1. The second-order valence-electron chi connectivity index (χ2n) is 5.56. The summed E-state index contributed by atoms with van der Waals surface area (Å²) in [4.78, 5) is 13.9. The Kier molecular flexibility index (Phi) is 3.97. The summed E-state index contributed by atoms with van der Waals surface area (Å²) in [6.07, 6.45) is 2.39. The molecule has 3 N–H and O–H groups in total. The third-order valence-electron chi connectivity index (χ3n) is 3.69. The van der Waals surface area contributed by atoms with Gasteiger partial charge in [-0.1, -0.05) is 6.92 Å². The van der Waals surface area contributed by atoms with Crippen molar-refractivity contribution in [1.82, 2.24) is 10.2 Å². The van der Waals surface area contributed by atoms with Crippen LogP contribution in [0.1, 0.15) is 40.5 Å². The number of nitrogens with zero attached hydrogens (tertiary/aromatic N) is 1. The van der Waals surface area contributed by atoms with E-state index in [4.69, 9.17) is 5.73 Å². The molecule has 1 unspecified atom stereocenters. The molecule has 0 aromatic carbocycles. The topological polar surface area (TPSA) is 58.4 Å². The van der Waals surface area contributed by atoms with Crippen molar-refractivity contribution in [1.29, 1.82) is 0 Å². The van der Waals surface area contributed by atoms with Crippen molar-refractivity contribution in [2.45, 2.75) is 51.6 Å². The minimum Gasteiger partial charge on any atom is -0.368 e. The molecule has 1 atom stereocenters. The van der Waals surface area contributed by atoms with E-state index in [9.17, 15) is 4.79 Å². The van der Waals surface area contributed by atoms with Gasteiger partial charge in [-0.15, -0.1) is 0 Å². The molecule has 1 heterocycles. The average molecular weight is 227 g/mol. The Morgan fingerprint density at radius 2 is 2.19 bits per heavy atom. The number of carbonyl (C=O) groups excluding carboxylic acids is 1. The first kappa shape index (κ1) is 13.5. The van der Waals surface area contributed by atoms with Gasteiger partial charge in [-0.3, -0.25) is 9.69 Å². The van der Waals surface area contributed by atoms with E-state index in [1.165, 1.54) is 12.8 Å². The lowest BCUT2D eigenvalue weighted by molar-refractivity contribution is -0.124. The van der Waals surface area contributed by atoms with Crippen molar-refractivity contribution >= 4 is 5.91 Å². The number of carbonyl (C=O) groups is 1. The number of nitrogens with two attached hydrogens (primary N) is 1. The second-order valence-corrected chi connectivity index (χ2v) is 5.56. The standard InChI is InChI=1S/C12H25N3O/c1-5-14-12(4,10(13)16)9-15-8-6-7-11(15,2)3/h14H,5-9H2,1-4H3,(H2,13,16). The van der Waals surface area contributed by atoms with E-state index in [1.54, 1.807) is 0 Å². The van der Waals surface area contributed by atoms with Gasteiger partial charge in [0.2, 0.25) is 5.91 Å². The fourth-order valence-electron chi connectivity index (χ4n) is 2.45. The summed E-state index contributed by atoms with van der Waals surface area (Å²) >= 11 is 0. The van der Waals surface area contributed by atoms with Crippen molar-refractivity contribution in [2.24, 2.45) is 5.73 Å². The molecule has 4 nitrogen and oxygen atoms in total. The molecule has 4 heteroatoms. The molecular formula is C12H25N3O. The summed E-state index contributed by atoms with van der Waals surface area (Å²) in [5.74, 6) is -0.267. The van der Waals surface area contributed by atoms with Crippen LogP contribution in [0.3, 0.4) is 0 Å². The Hall–Kier alpha value is -0.610. The molecule has 0 saturated carbocycles. The van der Waals surface area contributed by atoms with Crippen LogP contribution in [0.4, 0.5) is 0 Å². The van der Waals surface area contributed by atoms with Gasteiger partial charge in [-0.2, -0.15) is 0 Å². The number of primary amides is 1. The van der Waals surface area contributed by atoms with E-state index >= 15 is 0 Å². The maximum Gasteiger partial charge on any atom is 0.238 e. The summed E-state index contributed by atoms with van der Waals surface area (Å²) in [6.45, 7) is 10.9. The summed E-state index contributed by atoms with van der Waals surface area (Å²) in [5, 5.41) is 3.21.